The molecule has 45 heavy (non-hydrogen) atoms. The number of nitrogens with zero attached hydrogens (tertiary/aromatic N) is 1. The van der Waals surface area contributed by atoms with Crippen LogP contribution in [0.15, 0.2) is 42.6 Å². The van der Waals surface area contributed by atoms with Crippen LogP contribution < -0.4 is 14.8 Å². The maximum absolute atomic E-state index is 13.5. The van der Waals surface area contributed by atoms with Gasteiger partial charge >= 0.3 is 17.9 Å². The van der Waals surface area contributed by atoms with E-state index in [-0.39, 0.29) is 35.0 Å². The molecule has 1 saturated heterocycles. The number of ether oxygens (including phenoxy) is 6. The largest absolute Gasteiger partial charge is 0.493 e. The third-order valence-electron chi connectivity index (χ3n) is 7.76. The number of benzene rings is 1. The summed E-state index contributed by atoms with van der Waals surface area (Å²) in [4.78, 5) is 56.7. The van der Waals surface area contributed by atoms with Crippen molar-refractivity contribution >= 4 is 23.8 Å². The molecule has 2 aromatic rings. The number of esters is 3. The second-order valence-corrected chi connectivity index (χ2v) is 11.7. The molecular weight excluding hydrogens is 584 g/mol. The molecule has 244 valence electrons. The number of carbonyl (C=O) groups is 4. The normalized spacial score (nSPS) is 22.4. The fraction of sp³-hybridized carbons (Fsp3) is 0.545. The van der Waals surface area contributed by atoms with Gasteiger partial charge in [-0.15, -0.1) is 0 Å². The molecule has 1 saturated carbocycles. The van der Waals surface area contributed by atoms with Gasteiger partial charge in [-0.3, -0.25) is 14.4 Å². The van der Waals surface area contributed by atoms with Crippen molar-refractivity contribution in [3.63, 3.8) is 0 Å². The van der Waals surface area contributed by atoms with Crippen molar-refractivity contribution in [2.45, 2.75) is 71.1 Å². The zero-order chi connectivity index (χ0) is 32.3. The molecule has 0 bridgehead atoms. The quantitative estimate of drug-likeness (QED) is 0.209. The summed E-state index contributed by atoms with van der Waals surface area (Å²) in [6.45, 7) is 5.01. The highest BCUT2D eigenvalue weighted by atomic mass is 16.7. The Hall–Kier alpha value is -4.19. The minimum absolute atomic E-state index is 0.0800. The monoisotopic (exact) mass is 626 g/mol. The standard InChI is InChI=1S/C33H42N2O10/c1-20(2)17-41-28-21(3)45-33(39)25(18-42-32(38)24(28)16-22-10-6-5-7-11-22)35-30(36)27-29(26(40-4)14-15-34-27)43-19-44-31(37)23-12-8-9-13-23/h5-7,10-11,14-15,20-21,23-25,28H,8-9,12-13,16-19H2,1-4H3,(H,35,36)/t21-,24+,25-,28-/m0/s1. The number of amides is 1. The summed E-state index contributed by atoms with van der Waals surface area (Å²) in [5.41, 5.74) is 0.671. The van der Waals surface area contributed by atoms with Crippen LogP contribution in [0.25, 0.3) is 0 Å². The molecule has 1 amide bonds. The van der Waals surface area contributed by atoms with E-state index in [1.165, 1.54) is 19.4 Å². The van der Waals surface area contributed by atoms with E-state index in [2.05, 4.69) is 10.3 Å². The molecule has 2 fully saturated rings. The summed E-state index contributed by atoms with van der Waals surface area (Å²) in [6, 6.07) is 9.55. The van der Waals surface area contributed by atoms with Gasteiger partial charge in [-0.2, -0.15) is 0 Å². The summed E-state index contributed by atoms with van der Waals surface area (Å²) in [6.07, 6.45) is 3.49. The predicted molar refractivity (Wildman–Crippen MR) is 160 cm³/mol. The Bertz CT molecular complexity index is 1310. The van der Waals surface area contributed by atoms with Crippen molar-refractivity contribution in [2.24, 2.45) is 17.8 Å². The Labute approximate surface area is 263 Å². The molecule has 0 unspecified atom stereocenters. The number of cyclic esters (lactones) is 2. The molecule has 12 heteroatoms. The van der Waals surface area contributed by atoms with Crippen molar-refractivity contribution < 1.29 is 47.6 Å². The Kier molecular flexibility index (Phi) is 12.1. The van der Waals surface area contributed by atoms with E-state index < -0.39 is 55.4 Å². The number of hydrogen-bond acceptors (Lipinski definition) is 11. The van der Waals surface area contributed by atoms with Crippen LogP contribution in [0, 0.1) is 17.8 Å². The van der Waals surface area contributed by atoms with Crippen molar-refractivity contribution in [1.29, 1.82) is 0 Å². The summed E-state index contributed by atoms with van der Waals surface area (Å²) in [5, 5.41) is 2.55. The smallest absolute Gasteiger partial charge is 0.332 e. The predicted octanol–water partition coefficient (Wildman–Crippen LogP) is 3.65. The molecule has 1 N–H and O–H groups in total. The van der Waals surface area contributed by atoms with Gasteiger partial charge in [0.15, 0.2) is 23.2 Å². The Morgan fingerprint density at radius 2 is 1.80 bits per heavy atom. The number of pyridine rings is 1. The molecule has 0 spiro atoms. The molecule has 2 heterocycles. The third-order valence-corrected chi connectivity index (χ3v) is 7.76. The minimum Gasteiger partial charge on any atom is -0.493 e. The topological polar surface area (TPSA) is 149 Å². The highest BCUT2D eigenvalue weighted by molar-refractivity contribution is 5.98. The van der Waals surface area contributed by atoms with Crippen LogP contribution in [-0.2, 0) is 39.8 Å². The van der Waals surface area contributed by atoms with E-state index in [1.807, 2.05) is 44.2 Å². The van der Waals surface area contributed by atoms with Gasteiger partial charge in [0.2, 0.25) is 6.79 Å². The lowest BCUT2D eigenvalue weighted by atomic mass is 9.91. The van der Waals surface area contributed by atoms with Gasteiger partial charge in [-0.1, -0.05) is 57.0 Å². The number of nitrogens with one attached hydrogen (secondary N) is 1. The lowest BCUT2D eigenvalue weighted by Gasteiger charge is -2.30. The third kappa shape index (κ3) is 9.16. The van der Waals surface area contributed by atoms with E-state index in [0.29, 0.717) is 13.0 Å². The van der Waals surface area contributed by atoms with Gasteiger partial charge in [-0.05, 0) is 37.7 Å². The maximum atomic E-state index is 13.5. The first-order chi connectivity index (χ1) is 21.7. The van der Waals surface area contributed by atoms with E-state index >= 15 is 0 Å². The van der Waals surface area contributed by atoms with Gasteiger partial charge in [0.05, 0.1) is 18.9 Å². The number of hydrogen-bond donors (Lipinski definition) is 1. The van der Waals surface area contributed by atoms with E-state index in [1.54, 1.807) is 6.92 Å². The van der Waals surface area contributed by atoms with Crippen molar-refractivity contribution in [3.05, 3.63) is 53.9 Å². The molecule has 1 aliphatic heterocycles. The van der Waals surface area contributed by atoms with Crippen LogP contribution in [-0.4, -0.2) is 74.2 Å². The van der Waals surface area contributed by atoms with Gasteiger partial charge in [0.1, 0.15) is 18.8 Å². The number of methoxy groups -OCH3 is 1. The second-order valence-electron chi connectivity index (χ2n) is 11.7. The second kappa shape index (κ2) is 16.2. The van der Waals surface area contributed by atoms with Crippen LogP contribution in [0.2, 0.25) is 0 Å². The van der Waals surface area contributed by atoms with Crippen molar-refractivity contribution in [1.82, 2.24) is 10.3 Å². The summed E-state index contributed by atoms with van der Waals surface area (Å²) < 4.78 is 33.7. The van der Waals surface area contributed by atoms with E-state index in [9.17, 15) is 19.2 Å². The fourth-order valence-electron chi connectivity index (χ4n) is 5.40. The van der Waals surface area contributed by atoms with E-state index in [0.717, 1.165) is 31.2 Å². The van der Waals surface area contributed by atoms with Gasteiger partial charge in [0, 0.05) is 18.9 Å². The Morgan fingerprint density at radius 1 is 1.07 bits per heavy atom. The Morgan fingerprint density at radius 3 is 2.49 bits per heavy atom. The lowest BCUT2D eigenvalue weighted by Crippen LogP contribution is -2.46. The van der Waals surface area contributed by atoms with Gasteiger partial charge in [-0.25, -0.2) is 9.78 Å². The fourth-order valence-corrected chi connectivity index (χ4v) is 5.40. The highest BCUT2D eigenvalue weighted by Gasteiger charge is 2.40. The minimum atomic E-state index is -1.36. The molecule has 0 radical (unpaired) electrons. The maximum Gasteiger partial charge on any atom is 0.332 e. The summed E-state index contributed by atoms with van der Waals surface area (Å²) in [7, 11) is 1.38. The SMILES string of the molecule is COc1ccnc(C(=O)N[C@H]2COC(=O)[C@H](Cc3ccccc3)[C@@H](OCC(C)C)[C@H](C)OC2=O)c1OCOC(=O)C1CCCC1. The van der Waals surface area contributed by atoms with Crippen LogP contribution in [0.1, 0.15) is 62.5 Å². The lowest BCUT2D eigenvalue weighted by molar-refractivity contribution is -0.165. The average Bonchev–Trinajstić information content (AvgIpc) is 3.58. The van der Waals surface area contributed by atoms with Crippen LogP contribution >= 0.6 is 0 Å². The summed E-state index contributed by atoms with van der Waals surface area (Å²) in [5.74, 6) is -3.26. The van der Waals surface area contributed by atoms with Crippen molar-refractivity contribution in [3.8, 4) is 11.5 Å². The molecule has 4 atom stereocenters. The van der Waals surface area contributed by atoms with Crippen molar-refractivity contribution in [2.75, 3.05) is 27.1 Å². The first-order valence-corrected chi connectivity index (χ1v) is 15.3. The molecule has 1 aromatic heterocycles. The molecular formula is C33H42N2O10. The first-order valence-electron chi connectivity index (χ1n) is 15.3. The van der Waals surface area contributed by atoms with Gasteiger partial charge in [0.25, 0.3) is 5.91 Å². The first kappa shape index (κ1) is 33.7. The van der Waals surface area contributed by atoms with E-state index in [4.69, 9.17) is 28.4 Å². The highest BCUT2D eigenvalue weighted by Crippen LogP contribution is 2.31. The Balaban J connectivity index is 1.50. The molecule has 1 aromatic carbocycles. The zero-order valence-corrected chi connectivity index (χ0v) is 26.2. The average molecular weight is 627 g/mol. The number of carbonyl (C=O) groups excluding carboxylic acids is 4. The van der Waals surface area contributed by atoms with Gasteiger partial charge < -0.3 is 33.7 Å². The van der Waals surface area contributed by atoms with Crippen LogP contribution in [0.5, 0.6) is 11.5 Å². The summed E-state index contributed by atoms with van der Waals surface area (Å²) >= 11 is 0. The zero-order valence-electron chi connectivity index (χ0n) is 26.2. The molecule has 1 aliphatic carbocycles. The molecule has 12 nitrogen and oxygen atoms in total. The molecule has 2 aliphatic rings. The number of rotatable bonds is 12. The molecule has 4 rings (SSSR count). The number of aromatic nitrogens is 1. The van der Waals surface area contributed by atoms with Crippen LogP contribution in [0.4, 0.5) is 0 Å². The van der Waals surface area contributed by atoms with Crippen LogP contribution in [0.3, 0.4) is 0 Å².